The fourth-order valence-electron chi connectivity index (χ4n) is 7.07. The van der Waals surface area contributed by atoms with Gasteiger partial charge in [-0.15, -0.1) is 0 Å². The summed E-state index contributed by atoms with van der Waals surface area (Å²) >= 11 is 0. The number of benzene rings is 3. The van der Waals surface area contributed by atoms with Gasteiger partial charge in [-0.25, -0.2) is 4.79 Å². The standard InChI is InChI=1S/C39H42F3N5O5/c40-39(41,42)30-16-10-13-28(23-30)25-44-36(49)32(24-34(48)43-19-22-45-20-8-3-9-21-45)46-31(18-17-27-11-4-1-5-12-27)35(37(46)50)47-33(26-52-38(47)51)29-14-6-2-7-15-29/h1-2,4-7,10-18,23,31-33,35H,3,8-9,19-22,24-26H2,(H,43,48)(H,44,49)/b18-17+/t31-,32+,33+,35+/m1/s1. The van der Waals surface area contributed by atoms with Gasteiger partial charge in [-0.3, -0.25) is 19.3 Å². The van der Waals surface area contributed by atoms with Crippen LogP contribution in [0.1, 0.15) is 54.0 Å². The molecule has 3 saturated heterocycles. The van der Waals surface area contributed by atoms with Gasteiger partial charge in [0.25, 0.3) is 0 Å². The first-order chi connectivity index (χ1) is 25.1. The van der Waals surface area contributed by atoms with Gasteiger partial charge in [0.15, 0.2) is 0 Å². The zero-order valence-corrected chi connectivity index (χ0v) is 28.6. The molecule has 10 nitrogen and oxygen atoms in total. The predicted molar refractivity (Wildman–Crippen MR) is 187 cm³/mol. The SMILES string of the molecule is O=C(C[C@@H](C(=O)NCc1cccc(C(F)(F)F)c1)N1C(=O)[C@@H](N2C(=O)OC[C@H]2c2ccccc2)[C@H]1/C=C/c1ccccc1)NCCN1CCCCC1. The van der Waals surface area contributed by atoms with Crippen molar-refractivity contribution in [3.05, 3.63) is 113 Å². The fourth-order valence-corrected chi connectivity index (χ4v) is 7.07. The van der Waals surface area contributed by atoms with Crippen LogP contribution >= 0.6 is 0 Å². The minimum absolute atomic E-state index is 0.0298. The third kappa shape index (κ3) is 8.64. The molecule has 3 aromatic rings. The van der Waals surface area contributed by atoms with Crippen molar-refractivity contribution in [1.29, 1.82) is 0 Å². The molecule has 3 aromatic carbocycles. The van der Waals surface area contributed by atoms with Gasteiger partial charge in [0.1, 0.15) is 18.7 Å². The molecule has 2 N–H and O–H groups in total. The minimum Gasteiger partial charge on any atom is -0.447 e. The molecule has 0 aliphatic carbocycles. The Kier molecular flexibility index (Phi) is 11.6. The Morgan fingerprint density at radius 1 is 0.904 bits per heavy atom. The predicted octanol–water partition coefficient (Wildman–Crippen LogP) is 5.17. The van der Waals surface area contributed by atoms with E-state index < -0.39 is 66.1 Å². The molecular formula is C39H42F3N5O5. The van der Waals surface area contributed by atoms with Gasteiger partial charge >= 0.3 is 12.3 Å². The van der Waals surface area contributed by atoms with Crippen molar-refractivity contribution in [2.75, 3.05) is 32.8 Å². The van der Waals surface area contributed by atoms with Crippen LogP contribution in [0.5, 0.6) is 0 Å². The number of hydrogen-bond donors (Lipinski definition) is 2. The number of cyclic esters (lactones) is 1. The number of halogens is 3. The summed E-state index contributed by atoms with van der Waals surface area (Å²) in [6.07, 6.45) is 1.23. The summed E-state index contributed by atoms with van der Waals surface area (Å²) in [7, 11) is 0. The number of nitrogens with one attached hydrogen (secondary N) is 2. The Balaban J connectivity index is 1.27. The van der Waals surface area contributed by atoms with Crippen LogP contribution in [0.2, 0.25) is 0 Å². The Morgan fingerprint density at radius 2 is 1.62 bits per heavy atom. The summed E-state index contributed by atoms with van der Waals surface area (Å²) in [5.74, 6) is -1.72. The molecule has 3 fully saturated rings. The smallest absolute Gasteiger partial charge is 0.416 e. The van der Waals surface area contributed by atoms with Crippen molar-refractivity contribution in [2.24, 2.45) is 0 Å². The number of β-lactam (4-membered cyclic amide) rings is 1. The lowest BCUT2D eigenvalue weighted by Gasteiger charge is -2.52. The van der Waals surface area contributed by atoms with Crippen LogP contribution < -0.4 is 10.6 Å². The normalized spacial score (nSPS) is 21.5. The largest absolute Gasteiger partial charge is 0.447 e. The molecule has 3 aliphatic rings. The van der Waals surface area contributed by atoms with Gasteiger partial charge < -0.3 is 25.2 Å². The van der Waals surface area contributed by atoms with E-state index in [1.807, 2.05) is 60.7 Å². The van der Waals surface area contributed by atoms with E-state index in [1.165, 1.54) is 28.4 Å². The first-order valence-corrected chi connectivity index (χ1v) is 17.6. The average Bonchev–Trinajstić information content (AvgIpc) is 3.52. The van der Waals surface area contributed by atoms with Gasteiger partial charge in [0.2, 0.25) is 17.7 Å². The molecule has 0 radical (unpaired) electrons. The van der Waals surface area contributed by atoms with Gasteiger partial charge in [-0.05, 0) is 54.8 Å². The zero-order valence-electron chi connectivity index (χ0n) is 28.6. The van der Waals surface area contributed by atoms with E-state index in [2.05, 4.69) is 15.5 Å². The Morgan fingerprint density at radius 3 is 2.33 bits per heavy atom. The van der Waals surface area contributed by atoms with E-state index in [1.54, 1.807) is 12.2 Å². The molecule has 4 atom stereocenters. The van der Waals surface area contributed by atoms with Crippen LogP contribution in [-0.2, 0) is 31.8 Å². The summed E-state index contributed by atoms with van der Waals surface area (Å²) in [6, 6.07) is 19.3. The lowest BCUT2D eigenvalue weighted by Crippen LogP contribution is -2.74. The van der Waals surface area contributed by atoms with E-state index >= 15 is 0 Å². The molecule has 0 unspecified atom stereocenters. The number of hydrogen-bond acceptors (Lipinski definition) is 6. The van der Waals surface area contributed by atoms with E-state index in [0.29, 0.717) is 13.1 Å². The van der Waals surface area contributed by atoms with Crippen LogP contribution in [0.25, 0.3) is 6.08 Å². The monoisotopic (exact) mass is 717 g/mol. The van der Waals surface area contributed by atoms with Crippen LogP contribution in [0, 0.1) is 0 Å². The molecule has 52 heavy (non-hydrogen) atoms. The van der Waals surface area contributed by atoms with E-state index in [-0.39, 0.29) is 18.7 Å². The number of piperidine rings is 1. The number of ether oxygens (including phenoxy) is 1. The molecule has 0 spiro atoms. The zero-order chi connectivity index (χ0) is 36.7. The number of amides is 4. The number of alkyl halides is 3. The first kappa shape index (κ1) is 36.6. The summed E-state index contributed by atoms with van der Waals surface area (Å²) in [5, 5.41) is 5.54. The van der Waals surface area contributed by atoms with Crippen LogP contribution in [0.4, 0.5) is 18.0 Å². The highest BCUT2D eigenvalue weighted by Crippen LogP contribution is 2.39. The number of rotatable bonds is 13. The first-order valence-electron chi connectivity index (χ1n) is 17.6. The van der Waals surface area contributed by atoms with Gasteiger partial charge in [-0.1, -0.05) is 91.4 Å². The number of carbonyl (C=O) groups is 4. The quantitative estimate of drug-likeness (QED) is 0.236. The lowest BCUT2D eigenvalue weighted by atomic mass is 9.87. The maximum atomic E-state index is 14.3. The second kappa shape index (κ2) is 16.4. The molecule has 274 valence electrons. The van der Waals surface area contributed by atoms with Crippen LogP contribution in [0.3, 0.4) is 0 Å². The number of likely N-dealkylation sites (tertiary alicyclic amines) is 2. The molecule has 13 heteroatoms. The van der Waals surface area contributed by atoms with Gasteiger partial charge in [0.05, 0.1) is 24.1 Å². The third-order valence-electron chi connectivity index (χ3n) is 9.77. The minimum atomic E-state index is -4.57. The molecule has 0 aromatic heterocycles. The Labute approximate surface area is 300 Å². The van der Waals surface area contributed by atoms with Crippen LogP contribution in [0.15, 0.2) is 91.0 Å². The second-order valence-electron chi connectivity index (χ2n) is 13.2. The van der Waals surface area contributed by atoms with E-state index in [9.17, 15) is 32.3 Å². The fraction of sp³-hybridized carbons (Fsp3) is 0.385. The third-order valence-corrected chi connectivity index (χ3v) is 9.77. The summed E-state index contributed by atoms with van der Waals surface area (Å²) in [5.41, 5.74) is 0.923. The highest BCUT2D eigenvalue weighted by atomic mass is 19.4. The van der Waals surface area contributed by atoms with E-state index in [4.69, 9.17) is 4.74 Å². The summed E-state index contributed by atoms with van der Waals surface area (Å²) in [6.45, 7) is 2.65. The summed E-state index contributed by atoms with van der Waals surface area (Å²) < 4.78 is 45.7. The molecule has 4 amide bonds. The van der Waals surface area contributed by atoms with Gasteiger partial charge in [0, 0.05) is 19.6 Å². The van der Waals surface area contributed by atoms with Crippen molar-refractivity contribution in [1.82, 2.24) is 25.3 Å². The number of carbonyl (C=O) groups excluding carboxylic acids is 4. The summed E-state index contributed by atoms with van der Waals surface area (Å²) in [4.78, 5) is 59.9. The van der Waals surface area contributed by atoms with Crippen molar-refractivity contribution >= 4 is 29.9 Å². The van der Waals surface area contributed by atoms with Crippen molar-refractivity contribution in [2.45, 2.75) is 62.6 Å². The molecule has 3 aliphatic heterocycles. The lowest BCUT2D eigenvalue weighted by molar-refractivity contribution is -0.163. The van der Waals surface area contributed by atoms with Gasteiger partial charge in [-0.2, -0.15) is 13.2 Å². The Bertz CT molecular complexity index is 1750. The maximum Gasteiger partial charge on any atom is 0.416 e. The highest BCUT2D eigenvalue weighted by molar-refractivity contribution is 5.99. The number of nitrogens with zero attached hydrogens (tertiary/aromatic N) is 3. The van der Waals surface area contributed by atoms with Crippen molar-refractivity contribution < 1.29 is 37.1 Å². The average molecular weight is 718 g/mol. The van der Waals surface area contributed by atoms with Crippen molar-refractivity contribution in [3.8, 4) is 0 Å². The maximum absolute atomic E-state index is 14.3. The molecule has 3 heterocycles. The van der Waals surface area contributed by atoms with Crippen LogP contribution in [-0.4, -0.2) is 89.4 Å². The molecule has 6 rings (SSSR count). The molecule has 0 saturated carbocycles. The Hall–Kier alpha value is -5.17. The molecular weight excluding hydrogens is 675 g/mol. The molecule has 0 bridgehead atoms. The van der Waals surface area contributed by atoms with Crippen molar-refractivity contribution in [3.63, 3.8) is 0 Å². The topological polar surface area (TPSA) is 111 Å². The highest BCUT2D eigenvalue weighted by Gasteiger charge is 2.58. The second-order valence-corrected chi connectivity index (χ2v) is 13.2. The van der Waals surface area contributed by atoms with E-state index in [0.717, 1.165) is 49.2 Å².